The maximum atomic E-state index is 13.2. The smallest absolute Gasteiger partial charge is 0.387 e. The van der Waals surface area contributed by atoms with Crippen LogP contribution in [0.2, 0.25) is 0 Å². The summed E-state index contributed by atoms with van der Waals surface area (Å²) in [7, 11) is -3.64. The van der Waals surface area contributed by atoms with E-state index in [2.05, 4.69) is 9.80 Å². The fourth-order valence-corrected chi connectivity index (χ4v) is 6.24. The van der Waals surface area contributed by atoms with E-state index in [1.165, 1.54) is 10.4 Å². The summed E-state index contributed by atoms with van der Waals surface area (Å²) in [6.07, 6.45) is 1.99. The molecule has 0 unspecified atom stereocenters. The number of alkyl halides is 2. The summed E-state index contributed by atoms with van der Waals surface area (Å²) in [5.41, 5.74) is 2.41. The highest BCUT2D eigenvalue weighted by Gasteiger charge is 2.40. The molecule has 7 nitrogen and oxygen atoms in total. The fourth-order valence-electron chi connectivity index (χ4n) is 4.81. The van der Waals surface area contributed by atoms with Crippen molar-refractivity contribution in [3.63, 3.8) is 0 Å². The standard InChI is InChI=1S/C22H25F2N3O4S/c23-22(24)31-20-5-2-1-4-16(20)15-27-19-14-17(32(28,29)25-10-12-30-13-11-25)7-8-18(19)26-9-3-6-21(26)27/h1-2,4-5,7-8,14,21-22H,3,6,9-13,15H2/t21-/m0/s1. The first kappa shape index (κ1) is 21.4. The number of hydrogen-bond donors (Lipinski definition) is 0. The average molecular weight is 466 g/mol. The van der Waals surface area contributed by atoms with Crippen LogP contribution in [-0.4, -0.2) is 58.3 Å². The van der Waals surface area contributed by atoms with Crippen molar-refractivity contribution in [1.82, 2.24) is 4.31 Å². The Hall–Kier alpha value is -2.43. The van der Waals surface area contributed by atoms with E-state index in [4.69, 9.17) is 9.47 Å². The van der Waals surface area contributed by atoms with Crippen molar-refractivity contribution in [3.05, 3.63) is 48.0 Å². The number of sulfonamides is 1. The number of morpholine rings is 1. The molecule has 5 rings (SSSR count). The molecular formula is C22H25F2N3O4S. The molecule has 0 aromatic heterocycles. The molecule has 2 saturated heterocycles. The van der Waals surface area contributed by atoms with Crippen molar-refractivity contribution in [2.45, 2.75) is 37.1 Å². The molecule has 1 atom stereocenters. The summed E-state index contributed by atoms with van der Waals surface area (Å²) in [6, 6.07) is 12.0. The van der Waals surface area contributed by atoms with Gasteiger partial charge in [0, 0.05) is 31.7 Å². The molecule has 10 heteroatoms. The van der Waals surface area contributed by atoms with Gasteiger partial charge in [-0.15, -0.1) is 0 Å². The first-order valence-electron chi connectivity index (χ1n) is 10.7. The van der Waals surface area contributed by atoms with Gasteiger partial charge >= 0.3 is 6.61 Å². The van der Waals surface area contributed by atoms with E-state index >= 15 is 0 Å². The fraction of sp³-hybridized carbons (Fsp3) is 0.455. The van der Waals surface area contributed by atoms with Crippen LogP contribution in [0.3, 0.4) is 0 Å². The molecule has 0 bridgehead atoms. The normalized spacial score (nSPS) is 21.2. The third-order valence-electron chi connectivity index (χ3n) is 6.28. The van der Waals surface area contributed by atoms with Crippen LogP contribution in [0, 0.1) is 0 Å². The van der Waals surface area contributed by atoms with Crippen LogP contribution in [0.5, 0.6) is 5.75 Å². The molecule has 172 valence electrons. The quantitative estimate of drug-likeness (QED) is 0.653. The molecule has 0 saturated carbocycles. The third kappa shape index (κ3) is 3.80. The zero-order valence-electron chi connectivity index (χ0n) is 17.5. The first-order chi connectivity index (χ1) is 15.4. The van der Waals surface area contributed by atoms with E-state index in [0.29, 0.717) is 38.4 Å². The summed E-state index contributed by atoms with van der Waals surface area (Å²) in [5, 5.41) is 0. The van der Waals surface area contributed by atoms with E-state index < -0.39 is 16.6 Å². The number of hydrogen-bond acceptors (Lipinski definition) is 6. The van der Waals surface area contributed by atoms with Crippen LogP contribution < -0.4 is 14.5 Å². The van der Waals surface area contributed by atoms with Gasteiger partial charge in [-0.2, -0.15) is 13.1 Å². The Balaban J connectivity index is 1.50. The van der Waals surface area contributed by atoms with Crippen molar-refractivity contribution in [2.75, 3.05) is 42.6 Å². The second-order valence-corrected chi connectivity index (χ2v) is 10.0. The van der Waals surface area contributed by atoms with Crippen molar-refractivity contribution >= 4 is 21.4 Å². The van der Waals surface area contributed by atoms with E-state index in [9.17, 15) is 17.2 Å². The Kier molecular flexibility index (Phi) is 5.68. The molecule has 2 aromatic rings. The molecule has 0 aliphatic carbocycles. The Morgan fingerprint density at radius 3 is 2.62 bits per heavy atom. The van der Waals surface area contributed by atoms with Crippen LogP contribution in [0.15, 0.2) is 47.4 Å². The zero-order valence-corrected chi connectivity index (χ0v) is 18.3. The highest BCUT2D eigenvalue weighted by atomic mass is 32.2. The molecular weight excluding hydrogens is 440 g/mol. The van der Waals surface area contributed by atoms with Crippen molar-refractivity contribution in [3.8, 4) is 5.75 Å². The third-order valence-corrected chi connectivity index (χ3v) is 8.18. The van der Waals surface area contributed by atoms with Gasteiger partial charge in [-0.3, -0.25) is 0 Å². The zero-order chi connectivity index (χ0) is 22.3. The summed E-state index contributed by atoms with van der Waals surface area (Å²) < 4.78 is 63.7. The number of halogens is 2. The van der Waals surface area contributed by atoms with E-state index in [-0.39, 0.29) is 16.8 Å². The molecule has 3 aliphatic heterocycles. The lowest BCUT2D eigenvalue weighted by Crippen LogP contribution is -2.40. The molecule has 0 amide bonds. The number of para-hydroxylation sites is 1. The minimum atomic E-state index is -3.64. The second-order valence-electron chi connectivity index (χ2n) is 8.10. The van der Waals surface area contributed by atoms with Gasteiger partial charge in [0.1, 0.15) is 11.9 Å². The SMILES string of the molecule is O=S(=O)(c1ccc2c(c1)N(Cc1ccccc1OC(F)F)[C@H]1CCCN21)N1CCOCC1. The summed E-state index contributed by atoms with van der Waals surface area (Å²) in [5.74, 6) is 0.137. The van der Waals surface area contributed by atoms with E-state index in [1.54, 1.807) is 30.3 Å². The van der Waals surface area contributed by atoms with Crippen molar-refractivity contribution in [1.29, 1.82) is 0 Å². The largest absolute Gasteiger partial charge is 0.434 e. The van der Waals surface area contributed by atoms with Gasteiger partial charge in [0.25, 0.3) is 0 Å². The number of anilines is 2. The predicted molar refractivity (Wildman–Crippen MR) is 116 cm³/mol. The molecule has 0 spiro atoms. The van der Waals surface area contributed by atoms with Gasteiger partial charge in [0.2, 0.25) is 10.0 Å². The summed E-state index contributed by atoms with van der Waals surface area (Å²) >= 11 is 0. The molecule has 3 heterocycles. The van der Waals surface area contributed by atoms with Crippen LogP contribution in [0.4, 0.5) is 20.2 Å². The van der Waals surface area contributed by atoms with Gasteiger partial charge in [-0.25, -0.2) is 8.42 Å². The van der Waals surface area contributed by atoms with E-state index in [1.807, 2.05) is 6.07 Å². The van der Waals surface area contributed by atoms with Crippen LogP contribution in [-0.2, 0) is 21.3 Å². The van der Waals surface area contributed by atoms with Crippen molar-refractivity contribution in [2.24, 2.45) is 0 Å². The monoisotopic (exact) mass is 465 g/mol. The minimum absolute atomic E-state index is 0.0611. The predicted octanol–water partition coefficient (Wildman–Crippen LogP) is 3.26. The van der Waals surface area contributed by atoms with Crippen LogP contribution >= 0.6 is 0 Å². The topological polar surface area (TPSA) is 62.3 Å². The lowest BCUT2D eigenvalue weighted by atomic mass is 10.1. The minimum Gasteiger partial charge on any atom is -0.434 e. The Morgan fingerprint density at radius 1 is 1.06 bits per heavy atom. The molecule has 32 heavy (non-hydrogen) atoms. The molecule has 0 N–H and O–H groups in total. The maximum absolute atomic E-state index is 13.2. The van der Waals surface area contributed by atoms with Crippen molar-refractivity contribution < 1.29 is 26.7 Å². The van der Waals surface area contributed by atoms with E-state index in [0.717, 1.165) is 30.8 Å². The Bertz CT molecular complexity index is 1090. The summed E-state index contributed by atoms with van der Waals surface area (Å²) in [4.78, 5) is 4.60. The van der Waals surface area contributed by atoms with Crippen LogP contribution in [0.25, 0.3) is 0 Å². The highest BCUT2D eigenvalue weighted by molar-refractivity contribution is 7.89. The van der Waals surface area contributed by atoms with Gasteiger partial charge in [-0.1, -0.05) is 18.2 Å². The number of nitrogens with zero attached hydrogens (tertiary/aromatic N) is 3. The van der Waals surface area contributed by atoms with Gasteiger partial charge < -0.3 is 19.3 Å². The number of benzene rings is 2. The van der Waals surface area contributed by atoms with Gasteiger partial charge in [0.15, 0.2) is 0 Å². The molecule has 3 aliphatic rings. The summed E-state index contributed by atoms with van der Waals surface area (Å²) in [6.45, 7) is -0.265. The Morgan fingerprint density at radius 2 is 1.84 bits per heavy atom. The highest BCUT2D eigenvalue weighted by Crippen LogP contribution is 2.46. The first-order valence-corrected chi connectivity index (χ1v) is 12.2. The average Bonchev–Trinajstić information content (AvgIpc) is 3.37. The molecule has 2 aromatic carbocycles. The lowest BCUT2D eigenvalue weighted by Gasteiger charge is -2.28. The maximum Gasteiger partial charge on any atom is 0.387 e. The number of rotatable bonds is 6. The number of fused-ring (bicyclic) bond motifs is 3. The molecule has 0 radical (unpaired) electrons. The number of ether oxygens (including phenoxy) is 2. The molecule has 2 fully saturated rings. The lowest BCUT2D eigenvalue weighted by molar-refractivity contribution is -0.0504. The van der Waals surface area contributed by atoms with Gasteiger partial charge in [-0.05, 0) is 37.1 Å². The van der Waals surface area contributed by atoms with Gasteiger partial charge in [0.05, 0.1) is 29.5 Å². The Labute approximate surface area is 186 Å². The second kappa shape index (κ2) is 8.49. The van der Waals surface area contributed by atoms with Crippen LogP contribution in [0.1, 0.15) is 18.4 Å².